The molecule has 3 aromatic heterocycles. The van der Waals surface area contributed by atoms with Gasteiger partial charge in [-0.25, -0.2) is 9.97 Å². The molecule has 0 aromatic carbocycles. The Bertz CT molecular complexity index is 757. The summed E-state index contributed by atoms with van der Waals surface area (Å²) in [5.41, 5.74) is 2.88. The maximum absolute atomic E-state index is 6.17. The molecule has 0 bridgehead atoms. The topological polar surface area (TPSA) is 38.7 Å². The molecule has 0 radical (unpaired) electrons. The van der Waals surface area contributed by atoms with E-state index in [1.54, 1.807) is 17.5 Å². The molecule has 0 fully saturated rings. The summed E-state index contributed by atoms with van der Waals surface area (Å²) < 4.78 is 2.06. The van der Waals surface area contributed by atoms with Crippen molar-refractivity contribution in [3.05, 3.63) is 38.1 Å². The number of pyridine rings is 1. The van der Waals surface area contributed by atoms with Crippen LogP contribution in [0.15, 0.2) is 23.7 Å². The molecule has 0 N–H and O–H groups in total. The van der Waals surface area contributed by atoms with Gasteiger partial charge in [-0.3, -0.25) is 4.98 Å². The highest BCUT2D eigenvalue weighted by Crippen LogP contribution is 2.27. The van der Waals surface area contributed by atoms with Gasteiger partial charge in [0.25, 0.3) is 0 Å². The van der Waals surface area contributed by atoms with Gasteiger partial charge < -0.3 is 0 Å². The predicted molar refractivity (Wildman–Crippen MR) is 87.8 cm³/mol. The van der Waals surface area contributed by atoms with Crippen LogP contribution in [0.25, 0.3) is 21.6 Å². The third-order valence-electron chi connectivity index (χ3n) is 2.78. The first-order chi connectivity index (χ1) is 9.19. The zero-order chi connectivity index (χ0) is 13.4. The van der Waals surface area contributed by atoms with Gasteiger partial charge in [-0.05, 0) is 46.5 Å². The molecule has 0 aliphatic rings. The summed E-state index contributed by atoms with van der Waals surface area (Å²) in [6.45, 7) is 2.06. The highest BCUT2D eigenvalue weighted by molar-refractivity contribution is 14.1. The van der Waals surface area contributed by atoms with Crippen molar-refractivity contribution >= 4 is 55.7 Å². The first kappa shape index (κ1) is 13.2. The third-order valence-corrected chi connectivity index (χ3v) is 5.35. The van der Waals surface area contributed by atoms with E-state index in [-0.39, 0.29) is 0 Å². The lowest BCUT2D eigenvalue weighted by molar-refractivity contribution is 0.989. The smallest absolute Gasteiger partial charge is 0.162 e. The second-order valence-electron chi connectivity index (χ2n) is 3.98. The largest absolute Gasteiger partial charge is 0.255 e. The molecule has 0 aliphatic carbocycles. The minimum absolute atomic E-state index is 0.508. The van der Waals surface area contributed by atoms with Gasteiger partial charge in [-0.2, -0.15) is 0 Å². The molecule has 0 atom stereocenters. The average Bonchev–Trinajstić information content (AvgIpc) is 2.89. The predicted octanol–water partition coefficient (Wildman–Crippen LogP) is 4.57. The van der Waals surface area contributed by atoms with Gasteiger partial charge >= 0.3 is 0 Å². The quantitative estimate of drug-likeness (QED) is 0.466. The van der Waals surface area contributed by atoms with Gasteiger partial charge in [0.1, 0.15) is 5.15 Å². The van der Waals surface area contributed by atoms with Crippen molar-refractivity contribution in [3.8, 4) is 11.4 Å². The van der Waals surface area contributed by atoms with Crippen molar-refractivity contribution in [2.24, 2.45) is 0 Å². The van der Waals surface area contributed by atoms with Crippen molar-refractivity contribution in [3.63, 3.8) is 0 Å². The van der Waals surface area contributed by atoms with Crippen LogP contribution in [-0.2, 0) is 6.42 Å². The lowest BCUT2D eigenvalue weighted by Crippen LogP contribution is -1.99. The van der Waals surface area contributed by atoms with Crippen LogP contribution >= 0.6 is 45.5 Å². The van der Waals surface area contributed by atoms with E-state index in [4.69, 9.17) is 11.6 Å². The van der Waals surface area contributed by atoms with Crippen LogP contribution in [0, 0.1) is 3.57 Å². The Morgan fingerprint density at radius 2 is 2.21 bits per heavy atom. The highest BCUT2D eigenvalue weighted by Gasteiger charge is 2.11. The fraction of sp³-hybridized carbons (Fsp3) is 0.154. The normalized spacial score (nSPS) is 11.1. The Labute approximate surface area is 133 Å². The molecule has 3 heterocycles. The van der Waals surface area contributed by atoms with Crippen LogP contribution in [0.2, 0.25) is 5.15 Å². The molecular formula is C13H9ClIN3S. The molecule has 0 aliphatic heterocycles. The number of nitrogens with zero attached hydrogens (tertiary/aromatic N) is 3. The van der Waals surface area contributed by atoms with Crippen molar-refractivity contribution in [2.75, 3.05) is 0 Å². The molecule has 3 nitrogen and oxygen atoms in total. The van der Waals surface area contributed by atoms with Gasteiger partial charge in [-0.15, -0.1) is 11.3 Å². The summed E-state index contributed by atoms with van der Waals surface area (Å²) in [5.74, 6) is 0.644. The lowest BCUT2D eigenvalue weighted by Gasteiger charge is -2.06. The van der Waals surface area contributed by atoms with E-state index in [9.17, 15) is 0 Å². The van der Waals surface area contributed by atoms with Crippen molar-refractivity contribution < 1.29 is 0 Å². The van der Waals surface area contributed by atoms with E-state index < -0.39 is 0 Å². The van der Waals surface area contributed by atoms with Crippen molar-refractivity contribution in [1.29, 1.82) is 0 Å². The monoisotopic (exact) mass is 401 g/mol. The Kier molecular flexibility index (Phi) is 3.68. The van der Waals surface area contributed by atoms with Crippen LogP contribution in [0.3, 0.4) is 0 Å². The highest BCUT2D eigenvalue weighted by atomic mass is 127. The Hall–Kier alpha value is -0.790. The molecule has 96 valence electrons. The third kappa shape index (κ3) is 2.46. The maximum Gasteiger partial charge on any atom is 0.162 e. The van der Waals surface area contributed by atoms with Gasteiger partial charge in [0.05, 0.1) is 19.5 Å². The van der Waals surface area contributed by atoms with Crippen LogP contribution in [0.1, 0.15) is 12.6 Å². The van der Waals surface area contributed by atoms with E-state index in [0.29, 0.717) is 11.0 Å². The van der Waals surface area contributed by atoms with E-state index in [1.165, 1.54) is 0 Å². The number of aromatic nitrogens is 3. The van der Waals surface area contributed by atoms with Crippen LogP contribution in [0.5, 0.6) is 0 Å². The number of halogens is 2. The second-order valence-corrected chi connectivity index (χ2v) is 6.36. The van der Waals surface area contributed by atoms with Gasteiger partial charge in [0.15, 0.2) is 5.82 Å². The van der Waals surface area contributed by atoms with Gasteiger partial charge in [-0.1, -0.05) is 18.5 Å². The molecule has 3 rings (SSSR count). The Morgan fingerprint density at radius 1 is 1.37 bits per heavy atom. The number of fused-ring (bicyclic) bond motifs is 1. The zero-order valence-electron chi connectivity index (χ0n) is 10.0. The molecule has 0 amide bonds. The van der Waals surface area contributed by atoms with Crippen molar-refractivity contribution in [1.82, 2.24) is 15.0 Å². The SMILES string of the molecule is CCc1nc(-c2cnc3ccsc3c2)nc(Cl)c1I. The molecule has 0 spiro atoms. The second kappa shape index (κ2) is 5.30. The minimum Gasteiger partial charge on any atom is -0.255 e. The Balaban J connectivity index is 2.17. The number of hydrogen-bond acceptors (Lipinski definition) is 4. The number of hydrogen-bond donors (Lipinski definition) is 0. The molecule has 19 heavy (non-hydrogen) atoms. The first-order valence-electron chi connectivity index (χ1n) is 5.74. The summed E-state index contributed by atoms with van der Waals surface area (Å²) in [5, 5.41) is 2.54. The summed E-state index contributed by atoms with van der Waals surface area (Å²) in [6, 6.07) is 4.06. The number of aryl methyl sites for hydroxylation is 1. The molecule has 3 aromatic rings. The summed E-state index contributed by atoms with van der Waals surface area (Å²) in [4.78, 5) is 13.3. The average molecular weight is 402 g/mol. The fourth-order valence-electron chi connectivity index (χ4n) is 1.80. The molecular weight excluding hydrogens is 393 g/mol. The summed E-state index contributed by atoms with van der Waals surface area (Å²) >= 11 is 10.0. The lowest BCUT2D eigenvalue weighted by atomic mass is 10.2. The fourth-order valence-corrected chi connectivity index (χ4v) is 3.39. The van der Waals surface area contributed by atoms with Crippen LogP contribution < -0.4 is 0 Å². The zero-order valence-corrected chi connectivity index (χ0v) is 13.8. The maximum atomic E-state index is 6.17. The van der Waals surface area contributed by atoms with E-state index in [0.717, 1.165) is 31.5 Å². The molecule has 0 unspecified atom stereocenters. The summed E-state index contributed by atoms with van der Waals surface area (Å²) in [7, 11) is 0. The van der Waals surface area contributed by atoms with E-state index in [2.05, 4.69) is 50.5 Å². The summed E-state index contributed by atoms with van der Waals surface area (Å²) in [6.07, 6.45) is 2.63. The first-order valence-corrected chi connectivity index (χ1v) is 8.08. The van der Waals surface area contributed by atoms with Crippen LogP contribution in [0.4, 0.5) is 0 Å². The van der Waals surface area contributed by atoms with Crippen LogP contribution in [-0.4, -0.2) is 15.0 Å². The van der Waals surface area contributed by atoms with E-state index >= 15 is 0 Å². The van der Waals surface area contributed by atoms with Crippen molar-refractivity contribution in [2.45, 2.75) is 13.3 Å². The Morgan fingerprint density at radius 3 is 3.00 bits per heavy atom. The molecule has 6 heteroatoms. The van der Waals surface area contributed by atoms with Gasteiger partial charge in [0.2, 0.25) is 0 Å². The van der Waals surface area contributed by atoms with E-state index in [1.807, 2.05) is 11.4 Å². The number of thiophene rings is 1. The molecule has 0 saturated heterocycles. The minimum atomic E-state index is 0.508. The molecule has 0 saturated carbocycles. The number of rotatable bonds is 2. The standard InChI is InChI=1S/C13H9ClIN3S/c1-2-8-11(15)12(14)18-13(17-8)7-5-10-9(16-6-7)3-4-19-10/h3-6H,2H2,1H3. The van der Waals surface area contributed by atoms with Gasteiger partial charge in [0, 0.05) is 11.8 Å².